The summed E-state index contributed by atoms with van der Waals surface area (Å²) in [5, 5.41) is 0. The number of hydrogen-bond acceptors (Lipinski definition) is 5. The molecule has 106 valence electrons. The number of carbonyl (C=O) groups excluding carboxylic acids is 1. The maximum atomic E-state index is 11.5. The fourth-order valence-corrected chi connectivity index (χ4v) is 2.00. The van der Waals surface area contributed by atoms with E-state index < -0.39 is 0 Å². The average molecular weight is 283 g/mol. The summed E-state index contributed by atoms with van der Waals surface area (Å²) in [5.74, 6) is 0.940. The number of nitrogens with zero attached hydrogens (tertiary/aromatic N) is 1. The van der Waals surface area contributed by atoms with Gasteiger partial charge in [0.15, 0.2) is 5.76 Å². The third kappa shape index (κ3) is 2.72. The topological polar surface area (TPSA) is 65.5 Å². The predicted molar refractivity (Wildman–Crippen MR) is 75.4 cm³/mol. The molecule has 0 unspecified atom stereocenters. The minimum Gasteiger partial charge on any atom is -0.469 e. The van der Waals surface area contributed by atoms with Crippen molar-refractivity contribution in [2.45, 2.75) is 6.42 Å². The lowest BCUT2D eigenvalue weighted by Crippen LogP contribution is -2.04. The summed E-state index contributed by atoms with van der Waals surface area (Å²) < 4.78 is 15.7. The van der Waals surface area contributed by atoms with Gasteiger partial charge in [-0.1, -0.05) is 30.3 Å². The molecule has 0 amide bonds. The lowest BCUT2D eigenvalue weighted by molar-refractivity contribution is -0.140. The second-order valence-corrected chi connectivity index (χ2v) is 4.39. The molecule has 3 rings (SSSR count). The van der Waals surface area contributed by atoms with Crippen molar-refractivity contribution in [3.05, 3.63) is 54.5 Å². The summed E-state index contributed by atoms with van der Waals surface area (Å²) in [7, 11) is 1.34. The van der Waals surface area contributed by atoms with Crippen molar-refractivity contribution < 1.29 is 18.4 Å². The van der Waals surface area contributed by atoms with Crippen molar-refractivity contribution in [3.63, 3.8) is 0 Å². The van der Waals surface area contributed by atoms with Gasteiger partial charge in [-0.05, 0) is 12.1 Å². The minimum absolute atomic E-state index is 0.0223. The first-order chi connectivity index (χ1) is 10.3. The van der Waals surface area contributed by atoms with Gasteiger partial charge in [-0.25, -0.2) is 4.98 Å². The SMILES string of the molecule is COC(=O)Cc1oc(-c2ccco2)nc1-c1ccccc1. The summed E-state index contributed by atoms with van der Waals surface area (Å²) in [5.41, 5.74) is 1.49. The van der Waals surface area contributed by atoms with Crippen LogP contribution in [0.2, 0.25) is 0 Å². The maximum Gasteiger partial charge on any atom is 0.313 e. The Bertz CT molecular complexity index is 729. The van der Waals surface area contributed by atoms with Crippen LogP contribution in [0.1, 0.15) is 5.76 Å². The number of methoxy groups -OCH3 is 1. The second kappa shape index (κ2) is 5.66. The molecule has 3 aromatic rings. The summed E-state index contributed by atoms with van der Waals surface area (Å²) in [6.45, 7) is 0. The molecule has 0 radical (unpaired) electrons. The summed E-state index contributed by atoms with van der Waals surface area (Å²) in [6, 6.07) is 13.0. The average Bonchev–Trinajstić information content (AvgIpc) is 3.17. The Hall–Kier alpha value is -2.82. The number of esters is 1. The van der Waals surface area contributed by atoms with E-state index in [2.05, 4.69) is 4.98 Å². The second-order valence-electron chi connectivity index (χ2n) is 4.39. The first-order valence-corrected chi connectivity index (χ1v) is 6.43. The zero-order chi connectivity index (χ0) is 14.7. The number of furan rings is 1. The highest BCUT2D eigenvalue weighted by molar-refractivity contribution is 5.75. The smallest absolute Gasteiger partial charge is 0.313 e. The van der Waals surface area contributed by atoms with E-state index in [9.17, 15) is 4.79 Å². The van der Waals surface area contributed by atoms with Crippen LogP contribution in [-0.4, -0.2) is 18.1 Å². The molecule has 0 spiro atoms. The van der Waals surface area contributed by atoms with Crippen LogP contribution in [0.15, 0.2) is 57.6 Å². The molecule has 0 aliphatic heterocycles. The molecule has 5 nitrogen and oxygen atoms in total. The Morgan fingerprint density at radius 1 is 1.19 bits per heavy atom. The van der Waals surface area contributed by atoms with Crippen LogP contribution in [0.25, 0.3) is 22.9 Å². The number of hydrogen-bond donors (Lipinski definition) is 0. The first-order valence-electron chi connectivity index (χ1n) is 6.43. The first kappa shape index (κ1) is 13.2. The molecule has 0 atom stereocenters. The Morgan fingerprint density at radius 3 is 2.67 bits per heavy atom. The van der Waals surface area contributed by atoms with E-state index in [1.165, 1.54) is 7.11 Å². The normalized spacial score (nSPS) is 10.5. The number of benzene rings is 1. The van der Waals surface area contributed by atoms with E-state index in [4.69, 9.17) is 13.6 Å². The lowest BCUT2D eigenvalue weighted by atomic mass is 10.1. The van der Waals surface area contributed by atoms with E-state index in [1.54, 1.807) is 18.4 Å². The summed E-state index contributed by atoms with van der Waals surface area (Å²) in [4.78, 5) is 16.0. The highest BCUT2D eigenvalue weighted by Crippen LogP contribution is 2.29. The molecular formula is C16H13NO4. The van der Waals surface area contributed by atoms with Gasteiger partial charge in [0, 0.05) is 5.56 Å². The van der Waals surface area contributed by atoms with Gasteiger partial charge in [-0.15, -0.1) is 0 Å². The number of rotatable bonds is 4. The number of aromatic nitrogens is 1. The van der Waals surface area contributed by atoms with Crippen LogP contribution in [-0.2, 0) is 16.0 Å². The molecule has 2 aromatic heterocycles. The fourth-order valence-electron chi connectivity index (χ4n) is 2.00. The van der Waals surface area contributed by atoms with Crippen LogP contribution in [0.5, 0.6) is 0 Å². The summed E-state index contributed by atoms with van der Waals surface area (Å²) >= 11 is 0. The molecule has 0 saturated carbocycles. The summed E-state index contributed by atoms with van der Waals surface area (Å²) in [6.07, 6.45) is 1.57. The van der Waals surface area contributed by atoms with Gasteiger partial charge in [-0.2, -0.15) is 0 Å². The third-order valence-corrected chi connectivity index (χ3v) is 3.01. The molecule has 0 N–H and O–H groups in total. The number of oxazole rings is 1. The highest BCUT2D eigenvalue weighted by Gasteiger charge is 2.20. The Kier molecular flexibility index (Phi) is 3.55. The van der Waals surface area contributed by atoms with Gasteiger partial charge in [0.2, 0.25) is 0 Å². The van der Waals surface area contributed by atoms with Crippen molar-refractivity contribution in [3.8, 4) is 22.9 Å². The van der Waals surface area contributed by atoms with E-state index in [0.717, 1.165) is 5.56 Å². The van der Waals surface area contributed by atoms with Gasteiger partial charge in [-0.3, -0.25) is 4.79 Å². The number of carbonyl (C=O) groups is 1. The van der Waals surface area contributed by atoms with E-state index in [-0.39, 0.29) is 12.4 Å². The Morgan fingerprint density at radius 2 is 2.00 bits per heavy atom. The molecule has 0 saturated heterocycles. The minimum atomic E-state index is -0.380. The molecule has 0 aliphatic rings. The van der Waals surface area contributed by atoms with Crippen LogP contribution < -0.4 is 0 Å². The van der Waals surface area contributed by atoms with Crippen LogP contribution >= 0.6 is 0 Å². The van der Waals surface area contributed by atoms with Crippen molar-refractivity contribution in [2.75, 3.05) is 7.11 Å². The molecular weight excluding hydrogens is 270 g/mol. The standard InChI is InChI=1S/C16H13NO4/c1-19-14(18)10-13-15(11-6-3-2-4-7-11)17-16(21-13)12-8-5-9-20-12/h2-9H,10H2,1H3. The van der Waals surface area contributed by atoms with E-state index >= 15 is 0 Å². The Balaban J connectivity index is 2.06. The third-order valence-electron chi connectivity index (χ3n) is 3.01. The van der Waals surface area contributed by atoms with Gasteiger partial charge in [0.05, 0.1) is 13.4 Å². The van der Waals surface area contributed by atoms with Crippen LogP contribution in [0.3, 0.4) is 0 Å². The van der Waals surface area contributed by atoms with Crippen LogP contribution in [0, 0.1) is 0 Å². The lowest BCUT2D eigenvalue weighted by Gasteiger charge is -1.99. The van der Waals surface area contributed by atoms with Gasteiger partial charge in [0.25, 0.3) is 5.89 Å². The van der Waals surface area contributed by atoms with Crippen LogP contribution in [0.4, 0.5) is 0 Å². The maximum absolute atomic E-state index is 11.5. The fraction of sp³-hybridized carbons (Fsp3) is 0.125. The number of ether oxygens (including phenoxy) is 1. The molecule has 2 heterocycles. The zero-order valence-corrected chi connectivity index (χ0v) is 11.4. The zero-order valence-electron chi connectivity index (χ0n) is 11.4. The van der Waals surface area contributed by atoms with E-state index in [0.29, 0.717) is 23.1 Å². The molecule has 21 heavy (non-hydrogen) atoms. The highest BCUT2D eigenvalue weighted by atomic mass is 16.5. The van der Waals surface area contributed by atoms with Crippen molar-refractivity contribution in [1.29, 1.82) is 0 Å². The monoisotopic (exact) mass is 283 g/mol. The predicted octanol–water partition coefficient (Wildman–Crippen LogP) is 3.32. The molecule has 0 bridgehead atoms. The van der Waals surface area contributed by atoms with Crippen molar-refractivity contribution in [2.24, 2.45) is 0 Å². The molecule has 0 aliphatic carbocycles. The molecule has 0 fully saturated rings. The van der Waals surface area contributed by atoms with Gasteiger partial charge >= 0.3 is 5.97 Å². The van der Waals surface area contributed by atoms with Crippen molar-refractivity contribution in [1.82, 2.24) is 4.98 Å². The molecule has 5 heteroatoms. The van der Waals surface area contributed by atoms with Gasteiger partial charge in [0.1, 0.15) is 17.9 Å². The van der Waals surface area contributed by atoms with E-state index in [1.807, 2.05) is 30.3 Å². The largest absolute Gasteiger partial charge is 0.469 e. The van der Waals surface area contributed by atoms with Crippen molar-refractivity contribution >= 4 is 5.97 Å². The Labute approximate surface area is 121 Å². The molecule has 1 aromatic carbocycles. The quantitative estimate of drug-likeness (QED) is 0.687. The van der Waals surface area contributed by atoms with Gasteiger partial charge < -0.3 is 13.6 Å².